The summed E-state index contributed by atoms with van der Waals surface area (Å²) in [6.45, 7) is 0. The molecule has 0 amide bonds. The average molecular weight is 246 g/mol. The van der Waals surface area contributed by atoms with Crippen LogP contribution in [-0.2, 0) is 9.47 Å². The van der Waals surface area contributed by atoms with Gasteiger partial charge in [-0.2, -0.15) is 0 Å². The molecule has 0 heterocycles. The third-order valence-corrected chi connectivity index (χ3v) is 1.99. The van der Waals surface area contributed by atoms with Crippen molar-refractivity contribution in [2.45, 2.75) is 0 Å². The molecule has 0 saturated heterocycles. The molecule has 0 bridgehead atoms. The lowest BCUT2D eigenvalue weighted by Crippen LogP contribution is -2.15. The SMILES string of the molecule is COC(=O)c1cc(F)c(O)c(F)c1C(=O)OC. The summed E-state index contributed by atoms with van der Waals surface area (Å²) in [5, 5.41) is 9.00. The smallest absolute Gasteiger partial charge is 0.341 e. The molecule has 0 saturated carbocycles. The summed E-state index contributed by atoms with van der Waals surface area (Å²) in [5.41, 5.74) is -1.54. The molecule has 0 aliphatic carbocycles. The maximum atomic E-state index is 13.5. The largest absolute Gasteiger partial charge is 0.503 e. The quantitative estimate of drug-likeness (QED) is 0.795. The standard InChI is InChI=1S/C10H8F2O5/c1-16-9(14)4-3-5(11)8(13)7(12)6(4)10(15)17-2/h3,13H,1-2H3. The van der Waals surface area contributed by atoms with Gasteiger partial charge in [0, 0.05) is 0 Å². The van der Waals surface area contributed by atoms with E-state index in [1.54, 1.807) is 0 Å². The average Bonchev–Trinajstić information content (AvgIpc) is 2.33. The molecule has 17 heavy (non-hydrogen) atoms. The molecule has 7 heteroatoms. The zero-order chi connectivity index (χ0) is 13.2. The minimum absolute atomic E-state index is 0.497. The second-order valence-electron chi connectivity index (χ2n) is 2.93. The third-order valence-electron chi connectivity index (χ3n) is 1.99. The molecule has 0 unspecified atom stereocenters. The van der Waals surface area contributed by atoms with Crippen LogP contribution in [0.1, 0.15) is 20.7 Å². The van der Waals surface area contributed by atoms with Crippen LogP contribution in [0.4, 0.5) is 8.78 Å². The van der Waals surface area contributed by atoms with E-state index in [9.17, 15) is 18.4 Å². The van der Waals surface area contributed by atoms with Crippen LogP contribution in [0.3, 0.4) is 0 Å². The molecule has 0 aromatic heterocycles. The van der Waals surface area contributed by atoms with E-state index in [0.717, 1.165) is 14.2 Å². The van der Waals surface area contributed by atoms with Crippen LogP contribution in [0.2, 0.25) is 0 Å². The highest BCUT2D eigenvalue weighted by atomic mass is 19.1. The van der Waals surface area contributed by atoms with E-state index in [-0.39, 0.29) is 0 Å². The molecule has 0 aliphatic rings. The normalized spacial score (nSPS) is 9.88. The van der Waals surface area contributed by atoms with Gasteiger partial charge in [-0.1, -0.05) is 0 Å². The first-order chi connectivity index (χ1) is 7.93. The molecular formula is C10H8F2O5. The maximum Gasteiger partial charge on any atom is 0.341 e. The lowest BCUT2D eigenvalue weighted by Gasteiger charge is -2.09. The predicted molar refractivity (Wildman–Crippen MR) is 50.7 cm³/mol. The number of halogens is 2. The Morgan fingerprint density at radius 1 is 1.18 bits per heavy atom. The topological polar surface area (TPSA) is 72.8 Å². The van der Waals surface area contributed by atoms with Gasteiger partial charge >= 0.3 is 11.9 Å². The first kappa shape index (κ1) is 12.9. The van der Waals surface area contributed by atoms with Crippen LogP contribution in [0.15, 0.2) is 6.07 Å². The van der Waals surface area contributed by atoms with Crippen molar-refractivity contribution < 1.29 is 33.0 Å². The number of esters is 2. The van der Waals surface area contributed by atoms with Gasteiger partial charge in [-0.3, -0.25) is 0 Å². The van der Waals surface area contributed by atoms with Crippen molar-refractivity contribution in [1.29, 1.82) is 0 Å². The molecule has 5 nitrogen and oxygen atoms in total. The number of carbonyl (C=O) groups excluding carboxylic acids is 2. The van der Waals surface area contributed by atoms with Gasteiger partial charge in [0.05, 0.1) is 19.8 Å². The van der Waals surface area contributed by atoms with Crippen LogP contribution in [0.5, 0.6) is 5.75 Å². The number of aromatic hydroxyl groups is 1. The highest BCUT2D eigenvalue weighted by Crippen LogP contribution is 2.27. The molecule has 0 spiro atoms. The maximum absolute atomic E-state index is 13.5. The van der Waals surface area contributed by atoms with E-state index in [2.05, 4.69) is 9.47 Å². The van der Waals surface area contributed by atoms with Crippen LogP contribution in [-0.4, -0.2) is 31.3 Å². The lowest BCUT2D eigenvalue weighted by atomic mass is 10.1. The van der Waals surface area contributed by atoms with Crippen molar-refractivity contribution in [1.82, 2.24) is 0 Å². The van der Waals surface area contributed by atoms with E-state index < -0.39 is 40.4 Å². The summed E-state index contributed by atoms with van der Waals surface area (Å²) in [7, 11) is 1.93. The van der Waals surface area contributed by atoms with Gasteiger partial charge in [-0.05, 0) is 6.07 Å². The number of ether oxygens (including phenoxy) is 2. The van der Waals surface area contributed by atoms with Crippen LogP contribution in [0, 0.1) is 11.6 Å². The van der Waals surface area contributed by atoms with E-state index in [4.69, 9.17) is 5.11 Å². The Morgan fingerprint density at radius 2 is 1.71 bits per heavy atom. The fourth-order valence-electron chi connectivity index (χ4n) is 1.18. The highest BCUT2D eigenvalue weighted by Gasteiger charge is 2.28. The number of benzene rings is 1. The van der Waals surface area contributed by atoms with E-state index in [1.165, 1.54) is 0 Å². The number of rotatable bonds is 2. The van der Waals surface area contributed by atoms with E-state index >= 15 is 0 Å². The number of phenolic OH excluding ortho intramolecular Hbond substituents is 1. The fraction of sp³-hybridized carbons (Fsp3) is 0.200. The molecule has 0 fully saturated rings. The van der Waals surface area contributed by atoms with Crippen molar-refractivity contribution in [3.8, 4) is 5.75 Å². The van der Waals surface area contributed by atoms with E-state index in [1.807, 2.05) is 0 Å². The van der Waals surface area contributed by atoms with E-state index in [0.29, 0.717) is 6.07 Å². The third kappa shape index (κ3) is 2.17. The monoisotopic (exact) mass is 246 g/mol. The Balaban J connectivity index is 3.57. The molecule has 1 aromatic carbocycles. The molecular weight excluding hydrogens is 238 g/mol. The van der Waals surface area contributed by atoms with Gasteiger partial charge in [-0.25, -0.2) is 18.4 Å². The summed E-state index contributed by atoms with van der Waals surface area (Å²) in [6, 6.07) is 0.497. The Hall–Kier alpha value is -2.18. The molecule has 0 atom stereocenters. The van der Waals surface area contributed by atoms with Crippen molar-refractivity contribution in [2.24, 2.45) is 0 Å². The van der Waals surface area contributed by atoms with Crippen LogP contribution >= 0.6 is 0 Å². The Kier molecular flexibility index (Phi) is 3.62. The van der Waals surface area contributed by atoms with Gasteiger partial charge < -0.3 is 14.6 Å². The highest BCUT2D eigenvalue weighted by molar-refractivity contribution is 6.03. The summed E-state index contributed by atoms with van der Waals surface area (Å²) in [6.07, 6.45) is 0. The summed E-state index contributed by atoms with van der Waals surface area (Å²) in [4.78, 5) is 22.5. The first-order valence-electron chi connectivity index (χ1n) is 4.31. The number of methoxy groups -OCH3 is 2. The zero-order valence-corrected chi connectivity index (χ0v) is 8.91. The summed E-state index contributed by atoms with van der Waals surface area (Å²) < 4.78 is 35.0. The van der Waals surface area contributed by atoms with Gasteiger partial charge in [0.1, 0.15) is 5.56 Å². The van der Waals surface area contributed by atoms with Crippen molar-refractivity contribution in [3.05, 3.63) is 28.8 Å². The second-order valence-corrected chi connectivity index (χ2v) is 2.93. The number of hydrogen-bond donors (Lipinski definition) is 1. The predicted octanol–water partition coefficient (Wildman–Crippen LogP) is 1.24. The molecule has 1 N–H and O–H groups in total. The Morgan fingerprint density at radius 3 is 2.18 bits per heavy atom. The summed E-state index contributed by atoms with van der Waals surface area (Å²) in [5.74, 6) is -6.66. The van der Waals surface area contributed by atoms with Gasteiger partial charge in [0.25, 0.3) is 0 Å². The van der Waals surface area contributed by atoms with Crippen molar-refractivity contribution >= 4 is 11.9 Å². The lowest BCUT2D eigenvalue weighted by molar-refractivity contribution is 0.0549. The molecule has 92 valence electrons. The number of phenols is 1. The Labute approximate surface area is 94.6 Å². The minimum atomic E-state index is -1.57. The van der Waals surface area contributed by atoms with Crippen molar-refractivity contribution in [2.75, 3.05) is 14.2 Å². The number of carbonyl (C=O) groups is 2. The van der Waals surface area contributed by atoms with Gasteiger partial charge in [0.2, 0.25) is 0 Å². The van der Waals surface area contributed by atoms with Crippen LogP contribution in [0.25, 0.3) is 0 Å². The minimum Gasteiger partial charge on any atom is -0.503 e. The fourth-order valence-corrected chi connectivity index (χ4v) is 1.18. The molecule has 1 aromatic rings. The van der Waals surface area contributed by atoms with Crippen LogP contribution < -0.4 is 0 Å². The van der Waals surface area contributed by atoms with Gasteiger partial charge in [-0.15, -0.1) is 0 Å². The van der Waals surface area contributed by atoms with Crippen molar-refractivity contribution in [3.63, 3.8) is 0 Å². The molecule has 1 rings (SSSR count). The first-order valence-corrected chi connectivity index (χ1v) is 4.31. The number of hydrogen-bond acceptors (Lipinski definition) is 5. The molecule has 0 aliphatic heterocycles. The molecule has 0 radical (unpaired) electrons. The van der Waals surface area contributed by atoms with Gasteiger partial charge in [0.15, 0.2) is 17.4 Å². The summed E-state index contributed by atoms with van der Waals surface area (Å²) >= 11 is 0. The second kappa shape index (κ2) is 4.77. The Bertz CT molecular complexity index is 484. The zero-order valence-electron chi connectivity index (χ0n) is 8.91.